The molecule has 0 bridgehead atoms. The average Bonchev–Trinajstić information content (AvgIpc) is 2.18. The van der Waals surface area contributed by atoms with Gasteiger partial charge in [0.1, 0.15) is 0 Å². The number of aliphatic hydroxyl groups is 1. The third-order valence-corrected chi connectivity index (χ3v) is 2.52. The Bertz CT molecular complexity index is 170. The molecular weight excluding hydrogens is 180 g/mol. The van der Waals surface area contributed by atoms with Crippen molar-refractivity contribution in [2.75, 3.05) is 33.3 Å². The lowest BCUT2D eigenvalue weighted by molar-refractivity contribution is -0.132. The number of amides is 1. The Balaban J connectivity index is 4.03. The molecule has 0 saturated heterocycles. The van der Waals surface area contributed by atoms with Gasteiger partial charge in [-0.2, -0.15) is 0 Å². The van der Waals surface area contributed by atoms with Crippen LogP contribution in [0.2, 0.25) is 0 Å². The summed E-state index contributed by atoms with van der Waals surface area (Å²) in [5.74, 6) is 0.123. The van der Waals surface area contributed by atoms with Gasteiger partial charge in [0.2, 0.25) is 5.91 Å². The highest BCUT2D eigenvalue weighted by atomic mass is 16.3. The fourth-order valence-electron chi connectivity index (χ4n) is 1.18. The summed E-state index contributed by atoms with van der Waals surface area (Å²) in [5, 5.41) is 8.90. The maximum absolute atomic E-state index is 11.6. The molecule has 0 radical (unpaired) electrons. The number of aliphatic hydroxyl groups excluding tert-OH is 1. The number of nitrogens with zero attached hydrogens (tertiary/aromatic N) is 2. The van der Waals surface area contributed by atoms with Crippen molar-refractivity contribution < 1.29 is 9.90 Å². The molecule has 1 N–H and O–H groups in total. The van der Waals surface area contributed by atoms with Crippen molar-refractivity contribution in [2.45, 2.75) is 26.8 Å². The quantitative estimate of drug-likeness (QED) is 0.667. The zero-order valence-electron chi connectivity index (χ0n) is 9.66. The van der Waals surface area contributed by atoms with Gasteiger partial charge in [0.05, 0.1) is 13.2 Å². The van der Waals surface area contributed by atoms with Gasteiger partial charge in [0.15, 0.2) is 0 Å². The van der Waals surface area contributed by atoms with Gasteiger partial charge in [-0.05, 0) is 27.8 Å². The van der Waals surface area contributed by atoms with Crippen LogP contribution in [0.5, 0.6) is 0 Å². The van der Waals surface area contributed by atoms with Crippen LogP contribution in [0, 0.1) is 0 Å². The Labute approximate surface area is 86.5 Å². The maximum Gasteiger partial charge on any atom is 0.236 e. The van der Waals surface area contributed by atoms with E-state index in [0.717, 1.165) is 13.1 Å². The molecule has 84 valence electrons. The van der Waals surface area contributed by atoms with E-state index < -0.39 is 0 Å². The van der Waals surface area contributed by atoms with Crippen LogP contribution in [0.4, 0.5) is 0 Å². The van der Waals surface area contributed by atoms with Crippen molar-refractivity contribution in [2.24, 2.45) is 0 Å². The van der Waals surface area contributed by atoms with E-state index in [9.17, 15) is 4.79 Å². The monoisotopic (exact) mass is 202 g/mol. The van der Waals surface area contributed by atoms with Gasteiger partial charge < -0.3 is 10.0 Å². The molecule has 0 aliphatic heterocycles. The van der Waals surface area contributed by atoms with E-state index in [1.165, 1.54) is 0 Å². The van der Waals surface area contributed by atoms with Crippen molar-refractivity contribution in [3.63, 3.8) is 0 Å². The summed E-state index contributed by atoms with van der Waals surface area (Å²) in [6, 6.07) is 0.0366. The summed E-state index contributed by atoms with van der Waals surface area (Å²) in [6.45, 7) is 7.79. The Morgan fingerprint density at radius 3 is 2.21 bits per heavy atom. The molecular formula is C10H22N2O2. The van der Waals surface area contributed by atoms with Crippen molar-refractivity contribution in [3.05, 3.63) is 0 Å². The van der Waals surface area contributed by atoms with Crippen LogP contribution in [0.3, 0.4) is 0 Å². The van der Waals surface area contributed by atoms with E-state index in [0.29, 0.717) is 6.54 Å². The normalized spacial score (nSPS) is 13.0. The lowest BCUT2D eigenvalue weighted by atomic mass is 10.3. The maximum atomic E-state index is 11.6. The fourth-order valence-corrected chi connectivity index (χ4v) is 1.18. The Hall–Kier alpha value is -0.610. The predicted molar refractivity (Wildman–Crippen MR) is 57.1 cm³/mol. The first-order valence-corrected chi connectivity index (χ1v) is 5.15. The third kappa shape index (κ3) is 4.07. The van der Waals surface area contributed by atoms with E-state index in [1.807, 2.05) is 32.7 Å². The summed E-state index contributed by atoms with van der Waals surface area (Å²) in [7, 11) is 1.85. The average molecular weight is 202 g/mol. The predicted octanol–water partition coefficient (Wildman–Crippen LogP) is 0.167. The molecule has 14 heavy (non-hydrogen) atoms. The molecule has 1 amide bonds. The minimum atomic E-state index is 0.0366. The van der Waals surface area contributed by atoms with Gasteiger partial charge in [-0.25, -0.2) is 0 Å². The van der Waals surface area contributed by atoms with Gasteiger partial charge in [0, 0.05) is 19.1 Å². The third-order valence-electron chi connectivity index (χ3n) is 2.52. The topological polar surface area (TPSA) is 43.8 Å². The first kappa shape index (κ1) is 13.4. The number of hydrogen-bond acceptors (Lipinski definition) is 3. The summed E-state index contributed by atoms with van der Waals surface area (Å²) in [4.78, 5) is 15.3. The number of likely N-dealkylation sites (N-methyl/N-ethyl adjacent to an activating group) is 2. The second-order valence-corrected chi connectivity index (χ2v) is 3.51. The standard InChI is InChI=1S/C10H22N2O2/c1-5-12(6-2)10(14)7-11(4)9(3)8-13/h9,13H,5-8H2,1-4H3. The SMILES string of the molecule is CCN(CC)C(=O)CN(C)C(C)CO. The molecule has 0 aromatic rings. The van der Waals surface area contributed by atoms with Crippen LogP contribution in [-0.4, -0.2) is 60.1 Å². The number of rotatable bonds is 6. The highest BCUT2D eigenvalue weighted by Gasteiger charge is 2.15. The summed E-state index contributed by atoms with van der Waals surface area (Å²) in [5.41, 5.74) is 0. The second-order valence-electron chi connectivity index (χ2n) is 3.51. The smallest absolute Gasteiger partial charge is 0.236 e. The van der Waals surface area contributed by atoms with E-state index in [4.69, 9.17) is 5.11 Å². The zero-order chi connectivity index (χ0) is 11.1. The van der Waals surface area contributed by atoms with Crippen LogP contribution >= 0.6 is 0 Å². The first-order chi connectivity index (χ1) is 6.56. The van der Waals surface area contributed by atoms with Gasteiger partial charge >= 0.3 is 0 Å². The Morgan fingerprint density at radius 2 is 1.86 bits per heavy atom. The fraction of sp³-hybridized carbons (Fsp3) is 0.900. The van der Waals surface area contributed by atoms with E-state index in [1.54, 1.807) is 4.90 Å². The summed E-state index contributed by atoms with van der Waals surface area (Å²) < 4.78 is 0. The van der Waals surface area contributed by atoms with E-state index in [2.05, 4.69) is 0 Å². The zero-order valence-corrected chi connectivity index (χ0v) is 9.66. The van der Waals surface area contributed by atoms with Crippen LogP contribution in [0.15, 0.2) is 0 Å². The van der Waals surface area contributed by atoms with Crippen molar-refractivity contribution >= 4 is 5.91 Å². The molecule has 0 spiro atoms. The molecule has 0 heterocycles. The lowest BCUT2D eigenvalue weighted by Gasteiger charge is -2.26. The lowest BCUT2D eigenvalue weighted by Crippen LogP contribution is -2.42. The van der Waals surface area contributed by atoms with Crippen molar-refractivity contribution in [1.29, 1.82) is 0 Å². The summed E-state index contributed by atoms with van der Waals surface area (Å²) in [6.07, 6.45) is 0. The van der Waals surface area contributed by atoms with Crippen LogP contribution in [0.25, 0.3) is 0 Å². The summed E-state index contributed by atoms with van der Waals surface area (Å²) >= 11 is 0. The number of hydrogen-bond donors (Lipinski definition) is 1. The molecule has 0 aliphatic rings. The Morgan fingerprint density at radius 1 is 1.36 bits per heavy atom. The molecule has 0 aliphatic carbocycles. The molecule has 1 atom stereocenters. The Kier molecular flexibility index (Phi) is 6.49. The first-order valence-electron chi connectivity index (χ1n) is 5.15. The van der Waals surface area contributed by atoms with Crippen LogP contribution in [-0.2, 0) is 4.79 Å². The van der Waals surface area contributed by atoms with Crippen molar-refractivity contribution in [1.82, 2.24) is 9.80 Å². The van der Waals surface area contributed by atoms with Gasteiger partial charge in [-0.1, -0.05) is 0 Å². The molecule has 0 saturated carbocycles. The van der Waals surface area contributed by atoms with Gasteiger partial charge in [-0.15, -0.1) is 0 Å². The molecule has 0 aromatic heterocycles. The molecule has 4 nitrogen and oxygen atoms in total. The van der Waals surface area contributed by atoms with Crippen molar-refractivity contribution in [3.8, 4) is 0 Å². The highest BCUT2D eigenvalue weighted by molar-refractivity contribution is 5.78. The number of carbonyl (C=O) groups is 1. The van der Waals surface area contributed by atoms with Gasteiger partial charge in [-0.3, -0.25) is 9.69 Å². The molecule has 0 aromatic carbocycles. The second kappa shape index (κ2) is 6.79. The molecule has 0 fully saturated rings. The largest absolute Gasteiger partial charge is 0.395 e. The van der Waals surface area contributed by atoms with Crippen LogP contribution < -0.4 is 0 Å². The number of carbonyl (C=O) groups excluding carboxylic acids is 1. The van der Waals surface area contributed by atoms with E-state index >= 15 is 0 Å². The highest BCUT2D eigenvalue weighted by Crippen LogP contribution is 1.97. The molecule has 0 rings (SSSR count). The minimum absolute atomic E-state index is 0.0366. The molecule has 4 heteroatoms. The van der Waals surface area contributed by atoms with Crippen LogP contribution in [0.1, 0.15) is 20.8 Å². The molecule has 1 unspecified atom stereocenters. The minimum Gasteiger partial charge on any atom is -0.395 e. The van der Waals surface area contributed by atoms with Gasteiger partial charge in [0.25, 0.3) is 0 Å². The van der Waals surface area contributed by atoms with E-state index in [-0.39, 0.29) is 18.6 Å².